The van der Waals surface area contributed by atoms with Gasteiger partial charge in [0.05, 0.1) is 13.1 Å². The van der Waals surface area contributed by atoms with Gasteiger partial charge in [-0.1, -0.05) is 10.7 Å². The summed E-state index contributed by atoms with van der Waals surface area (Å²) < 4.78 is 2.18. The number of thioether (sulfide) groups is 1. The fourth-order valence-corrected chi connectivity index (χ4v) is 2.25. The van der Waals surface area contributed by atoms with Crippen molar-refractivity contribution in [2.75, 3.05) is 29.6 Å². The highest BCUT2D eigenvalue weighted by Crippen LogP contribution is 2.04. The molecule has 0 amide bonds. The lowest BCUT2D eigenvalue weighted by molar-refractivity contribution is -0.692. The molecular weight excluding hydrogens is 168 g/mol. The van der Waals surface area contributed by atoms with Crippen LogP contribution in [-0.4, -0.2) is 24.6 Å². The third-order valence-electron chi connectivity index (χ3n) is 2.01. The summed E-state index contributed by atoms with van der Waals surface area (Å²) in [6, 6.07) is 6.19. The van der Waals surface area contributed by atoms with Gasteiger partial charge in [0.25, 0.3) is 0 Å². The lowest BCUT2D eigenvalue weighted by atomic mass is 10.5. The Hall–Kier alpha value is -0.700. The van der Waals surface area contributed by atoms with Gasteiger partial charge in [0, 0.05) is 23.6 Å². The Morgan fingerprint density at radius 2 is 1.67 bits per heavy atom. The summed E-state index contributed by atoms with van der Waals surface area (Å²) in [5.74, 6) is 2.50. The van der Waals surface area contributed by atoms with Crippen LogP contribution in [0.5, 0.6) is 0 Å². The Morgan fingerprint density at radius 1 is 1.00 bits per heavy atom. The van der Waals surface area contributed by atoms with Crippen LogP contribution in [0.3, 0.4) is 0 Å². The van der Waals surface area contributed by atoms with Gasteiger partial charge < -0.3 is 0 Å². The van der Waals surface area contributed by atoms with E-state index in [1.54, 1.807) is 0 Å². The molecule has 12 heavy (non-hydrogen) atoms. The van der Waals surface area contributed by atoms with Gasteiger partial charge in [-0.25, -0.2) is 0 Å². The van der Waals surface area contributed by atoms with E-state index >= 15 is 0 Å². The minimum absolute atomic E-state index is 1.17. The molecule has 2 rings (SSSR count). The van der Waals surface area contributed by atoms with Crippen molar-refractivity contribution in [1.82, 2.24) is 0 Å². The van der Waals surface area contributed by atoms with Gasteiger partial charge in [0.15, 0.2) is 12.4 Å². The Bertz CT molecular complexity index is 232. The van der Waals surface area contributed by atoms with E-state index in [-0.39, 0.29) is 0 Å². The van der Waals surface area contributed by atoms with Crippen molar-refractivity contribution in [3.05, 3.63) is 30.6 Å². The molecule has 0 atom stereocenters. The standard InChI is InChI=1S/C9H13N2S/c1-2-4-10(5-3-1)11-6-8-12-9-7-11/h1-5H,6-9H2/q+1. The van der Waals surface area contributed by atoms with Gasteiger partial charge in [-0.3, -0.25) is 0 Å². The molecule has 0 radical (unpaired) electrons. The van der Waals surface area contributed by atoms with E-state index in [1.165, 1.54) is 24.6 Å². The molecule has 3 heteroatoms. The minimum atomic E-state index is 1.17. The topological polar surface area (TPSA) is 7.12 Å². The maximum Gasteiger partial charge on any atom is 0.199 e. The van der Waals surface area contributed by atoms with Crippen molar-refractivity contribution in [3.63, 3.8) is 0 Å². The lowest BCUT2D eigenvalue weighted by Crippen LogP contribution is -2.60. The van der Waals surface area contributed by atoms with Crippen molar-refractivity contribution >= 4 is 11.8 Å². The number of nitrogens with zero attached hydrogens (tertiary/aromatic N) is 2. The Balaban J connectivity index is 2.08. The van der Waals surface area contributed by atoms with Crippen LogP contribution in [0.2, 0.25) is 0 Å². The molecule has 0 unspecified atom stereocenters. The highest BCUT2D eigenvalue weighted by Gasteiger charge is 2.15. The molecule has 1 fully saturated rings. The second kappa shape index (κ2) is 3.81. The number of aromatic nitrogens is 1. The van der Waals surface area contributed by atoms with Gasteiger partial charge in [-0.2, -0.15) is 16.8 Å². The maximum absolute atomic E-state index is 2.37. The van der Waals surface area contributed by atoms with Gasteiger partial charge in [-0.15, -0.1) is 0 Å². The Labute approximate surface area is 77.2 Å². The zero-order valence-corrected chi connectivity index (χ0v) is 7.83. The number of pyridine rings is 1. The van der Waals surface area contributed by atoms with Gasteiger partial charge in [0.1, 0.15) is 0 Å². The summed E-state index contributed by atoms with van der Waals surface area (Å²) >= 11 is 2.04. The molecular formula is C9H13N2S+. The predicted molar refractivity (Wildman–Crippen MR) is 51.9 cm³/mol. The van der Waals surface area contributed by atoms with Crippen molar-refractivity contribution in [2.24, 2.45) is 0 Å². The first-order valence-corrected chi connectivity index (χ1v) is 5.41. The van der Waals surface area contributed by atoms with Gasteiger partial charge in [0.2, 0.25) is 0 Å². The molecule has 0 N–H and O–H groups in total. The van der Waals surface area contributed by atoms with E-state index in [2.05, 4.69) is 40.3 Å². The maximum atomic E-state index is 2.37. The van der Waals surface area contributed by atoms with Crippen LogP contribution < -0.4 is 9.69 Å². The Kier molecular flexibility index (Phi) is 2.51. The summed E-state index contributed by atoms with van der Waals surface area (Å²) in [6.45, 7) is 2.33. The smallest absolute Gasteiger partial charge is 0.179 e. The summed E-state index contributed by atoms with van der Waals surface area (Å²) in [5.41, 5.74) is 0. The number of hydrogen-bond acceptors (Lipinski definition) is 2. The van der Waals surface area contributed by atoms with Crippen LogP contribution in [0.1, 0.15) is 0 Å². The minimum Gasteiger partial charge on any atom is -0.179 e. The molecule has 2 nitrogen and oxygen atoms in total. The first-order chi connectivity index (χ1) is 5.97. The Morgan fingerprint density at radius 3 is 2.33 bits per heavy atom. The summed E-state index contributed by atoms with van der Waals surface area (Å²) in [4.78, 5) is 0. The largest absolute Gasteiger partial charge is 0.199 e. The molecule has 0 bridgehead atoms. The van der Waals surface area contributed by atoms with Crippen LogP contribution >= 0.6 is 11.8 Å². The van der Waals surface area contributed by atoms with E-state index in [0.717, 1.165) is 0 Å². The molecule has 64 valence electrons. The van der Waals surface area contributed by atoms with Crippen molar-refractivity contribution < 1.29 is 4.68 Å². The predicted octanol–water partition coefficient (Wildman–Crippen LogP) is 0.659. The van der Waals surface area contributed by atoms with E-state index in [4.69, 9.17) is 0 Å². The second-order valence-electron chi connectivity index (χ2n) is 2.82. The normalized spacial score (nSPS) is 17.8. The van der Waals surface area contributed by atoms with Crippen LogP contribution in [0.4, 0.5) is 0 Å². The van der Waals surface area contributed by atoms with Crippen LogP contribution in [0.15, 0.2) is 30.6 Å². The molecule has 0 aromatic carbocycles. The fourth-order valence-electron chi connectivity index (χ4n) is 1.36. The summed E-state index contributed by atoms with van der Waals surface area (Å²) in [6.07, 6.45) is 4.21. The first-order valence-electron chi connectivity index (χ1n) is 4.26. The lowest BCUT2D eigenvalue weighted by Gasteiger charge is -2.21. The van der Waals surface area contributed by atoms with E-state index in [9.17, 15) is 0 Å². The SMILES string of the molecule is c1cc[n+](N2CCSCC2)cc1. The van der Waals surface area contributed by atoms with Crippen molar-refractivity contribution in [3.8, 4) is 0 Å². The molecule has 0 aliphatic carbocycles. The van der Waals surface area contributed by atoms with Crippen molar-refractivity contribution in [2.45, 2.75) is 0 Å². The van der Waals surface area contributed by atoms with Crippen LogP contribution in [0.25, 0.3) is 0 Å². The monoisotopic (exact) mass is 181 g/mol. The molecule has 1 saturated heterocycles. The fraction of sp³-hybridized carbons (Fsp3) is 0.444. The quantitative estimate of drug-likeness (QED) is 0.588. The second-order valence-corrected chi connectivity index (χ2v) is 4.05. The first kappa shape index (κ1) is 7.92. The third kappa shape index (κ3) is 1.72. The van der Waals surface area contributed by atoms with E-state index in [0.29, 0.717) is 0 Å². The van der Waals surface area contributed by atoms with Gasteiger partial charge in [-0.05, 0) is 0 Å². The third-order valence-corrected chi connectivity index (χ3v) is 2.96. The number of rotatable bonds is 1. The zero-order chi connectivity index (χ0) is 8.23. The molecule has 1 aromatic rings. The average molecular weight is 181 g/mol. The molecule has 2 heterocycles. The molecule has 1 aliphatic heterocycles. The molecule has 1 aromatic heterocycles. The van der Waals surface area contributed by atoms with Crippen LogP contribution in [0, 0.1) is 0 Å². The van der Waals surface area contributed by atoms with Crippen LogP contribution in [-0.2, 0) is 0 Å². The average Bonchev–Trinajstić information content (AvgIpc) is 2.21. The highest BCUT2D eigenvalue weighted by molar-refractivity contribution is 7.99. The molecule has 0 saturated carbocycles. The molecule has 0 spiro atoms. The summed E-state index contributed by atoms with van der Waals surface area (Å²) in [7, 11) is 0. The van der Waals surface area contributed by atoms with E-state index in [1.807, 2.05) is 11.8 Å². The van der Waals surface area contributed by atoms with Gasteiger partial charge >= 0.3 is 0 Å². The van der Waals surface area contributed by atoms with Crippen molar-refractivity contribution in [1.29, 1.82) is 0 Å². The zero-order valence-electron chi connectivity index (χ0n) is 7.02. The van der Waals surface area contributed by atoms with E-state index < -0.39 is 0 Å². The molecule has 1 aliphatic rings. The highest BCUT2D eigenvalue weighted by atomic mass is 32.2. The summed E-state index contributed by atoms with van der Waals surface area (Å²) in [5, 5.41) is 2.37. The number of hydrogen-bond donors (Lipinski definition) is 0.